The molecule has 1 atom stereocenters. The third-order valence-electron chi connectivity index (χ3n) is 4.82. The van der Waals surface area contributed by atoms with Gasteiger partial charge in [0.15, 0.2) is 10.8 Å². The van der Waals surface area contributed by atoms with Crippen LogP contribution in [-0.4, -0.2) is 39.7 Å². The number of rotatable bonds is 6. The average molecular weight is 448 g/mol. The van der Waals surface area contributed by atoms with E-state index in [1.54, 1.807) is 11.3 Å². The van der Waals surface area contributed by atoms with Crippen molar-refractivity contribution >= 4 is 56.1 Å². The number of nitrogens with one attached hydrogen (secondary N) is 1. The van der Waals surface area contributed by atoms with Gasteiger partial charge in [0.05, 0.1) is 5.75 Å². The van der Waals surface area contributed by atoms with Gasteiger partial charge in [-0.05, 0) is 36.5 Å². The molecular weight excluding hydrogens is 426 g/mol. The highest BCUT2D eigenvalue weighted by molar-refractivity contribution is 8.00. The quantitative estimate of drug-likeness (QED) is 0.446. The van der Waals surface area contributed by atoms with Crippen LogP contribution in [0.5, 0.6) is 0 Å². The minimum atomic E-state index is -0.0358. The van der Waals surface area contributed by atoms with Gasteiger partial charge in [-0.3, -0.25) is 4.79 Å². The van der Waals surface area contributed by atoms with Crippen LogP contribution in [0, 0.1) is 5.92 Å². The number of halogens is 1. The Morgan fingerprint density at radius 2 is 2.17 bits per heavy atom. The van der Waals surface area contributed by atoms with Crippen LogP contribution in [-0.2, 0) is 11.3 Å². The van der Waals surface area contributed by atoms with Gasteiger partial charge in [0, 0.05) is 24.7 Å². The van der Waals surface area contributed by atoms with E-state index in [1.807, 2.05) is 24.3 Å². The van der Waals surface area contributed by atoms with Crippen LogP contribution in [0.4, 0.5) is 5.13 Å². The molecule has 0 radical (unpaired) electrons. The highest BCUT2D eigenvalue weighted by Crippen LogP contribution is 2.35. The molecule has 0 saturated carbocycles. The van der Waals surface area contributed by atoms with E-state index < -0.39 is 0 Å². The molecule has 1 aromatic carbocycles. The molecule has 152 valence electrons. The number of piperidine rings is 1. The topological polar surface area (TPSA) is 71.0 Å². The first kappa shape index (κ1) is 20.4. The number of anilines is 1. The lowest BCUT2D eigenvalue weighted by atomic mass is 10.0. The van der Waals surface area contributed by atoms with Crippen molar-refractivity contribution in [3.8, 4) is 0 Å². The van der Waals surface area contributed by atoms with Gasteiger partial charge < -0.3 is 10.2 Å². The smallest absolute Gasteiger partial charge is 0.230 e. The lowest BCUT2D eigenvalue weighted by Crippen LogP contribution is -2.34. The van der Waals surface area contributed by atoms with E-state index in [0.717, 1.165) is 33.5 Å². The molecule has 0 spiro atoms. The number of carbonyl (C=O) groups is 1. The molecule has 1 saturated heterocycles. The summed E-state index contributed by atoms with van der Waals surface area (Å²) >= 11 is 8.93. The van der Waals surface area contributed by atoms with Crippen molar-refractivity contribution in [2.75, 3.05) is 23.7 Å². The summed E-state index contributed by atoms with van der Waals surface area (Å²) < 4.78 is 0.955. The second-order valence-corrected chi connectivity index (χ2v) is 9.59. The molecule has 6 nitrogen and oxygen atoms in total. The number of benzene rings is 1. The van der Waals surface area contributed by atoms with Crippen molar-refractivity contribution in [3.05, 3.63) is 41.2 Å². The van der Waals surface area contributed by atoms with Crippen molar-refractivity contribution in [3.63, 3.8) is 0 Å². The summed E-state index contributed by atoms with van der Waals surface area (Å²) in [5.41, 5.74) is 1.72. The van der Waals surface area contributed by atoms with E-state index in [4.69, 9.17) is 16.6 Å². The van der Waals surface area contributed by atoms with Crippen LogP contribution in [0.15, 0.2) is 35.6 Å². The van der Waals surface area contributed by atoms with Crippen LogP contribution in [0.25, 0.3) is 10.3 Å². The van der Waals surface area contributed by atoms with E-state index in [9.17, 15) is 4.79 Å². The number of thioether (sulfide) groups is 1. The second kappa shape index (κ2) is 9.28. The minimum absolute atomic E-state index is 0.0358. The molecule has 3 aromatic rings. The van der Waals surface area contributed by atoms with Crippen LogP contribution in [0.1, 0.15) is 25.3 Å². The molecule has 9 heteroatoms. The Kier molecular flexibility index (Phi) is 6.52. The molecule has 29 heavy (non-hydrogen) atoms. The Bertz CT molecular complexity index is 994. The molecule has 4 rings (SSSR count). The summed E-state index contributed by atoms with van der Waals surface area (Å²) in [7, 11) is 0. The van der Waals surface area contributed by atoms with Crippen molar-refractivity contribution in [1.29, 1.82) is 0 Å². The fraction of sp³-hybridized carbons (Fsp3) is 0.400. The Morgan fingerprint density at radius 1 is 1.34 bits per heavy atom. The average Bonchev–Trinajstić information content (AvgIpc) is 3.17. The van der Waals surface area contributed by atoms with Crippen LogP contribution in [0.2, 0.25) is 5.02 Å². The largest absolute Gasteiger partial charge is 0.351 e. The Morgan fingerprint density at radius 3 is 2.97 bits per heavy atom. The first-order chi connectivity index (χ1) is 14.1. The standard InChI is InChI=1S/C20H22ClN5OS2/c1-13-3-2-8-26(10-13)20-25-18-17(29-20)19(24-12-23-18)28-11-16(27)22-9-14-4-6-15(21)7-5-14/h4-7,12-13H,2-3,8-11H2,1H3,(H,22,27)/t13-/m1/s1. The molecule has 1 amide bonds. The Labute approximate surface area is 183 Å². The second-order valence-electron chi connectivity index (χ2n) is 7.21. The SMILES string of the molecule is C[C@@H]1CCCN(c2nc3ncnc(SCC(=O)NCc4ccc(Cl)cc4)c3s2)C1. The fourth-order valence-electron chi connectivity index (χ4n) is 3.31. The first-order valence-corrected chi connectivity index (χ1v) is 11.8. The highest BCUT2D eigenvalue weighted by Gasteiger charge is 2.21. The molecule has 1 fully saturated rings. The number of carbonyl (C=O) groups excluding carboxylic acids is 1. The maximum Gasteiger partial charge on any atom is 0.230 e. The van der Waals surface area contributed by atoms with Crippen molar-refractivity contribution in [2.24, 2.45) is 5.92 Å². The number of amides is 1. The summed E-state index contributed by atoms with van der Waals surface area (Å²) in [5, 5.41) is 5.43. The normalized spacial score (nSPS) is 16.9. The van der Waals surface area contributed by atoms with E-state index in [2.05, 4.69) is 27.1 Å². The predicted octanol–water partition coefficient (Wildman–Crippen LogP) is 4.38. The minimum Gasteiger partial charge on any atom is -0.351 e. The molecule has 2 aromatic heterocycles. The zero-order chi connectivity index (χ0) is 20.2. The number of fused-ring (bicyclic) bond motifs is 1. The van der Waals surface area contributed by atoms with Gasteiger partial charge in [-0.2, -0.15) is 4.98 Å². The third kappa shape index (κ3) is 5.18. The van der Waals surface area contributed by atoms with Gasteiger partial charge in [0.2, 0.25) is 5.91 Å². The van der Waals surface area contributed by atoms with E-state index >= 15 is 0 Å². The van der Waals surface area contributed by atoms with Crippen LogP contribution < -0.4 is 10.2 Å². The highest BCUT2D eigenvalue weighted by atomic mass is 35.5. The molecule has 0 bridgehead atoms. The van der Waals surface area contributed by atoms with Crippen molar-refractivity contribution in [1.82, 2.24) is 20.3 Å². The van der Waals surface area contributed by atoms with Gasteiger partial charge >= 0.3 is 0 Å². The predicted molar refractivity (Wildman–Crippen MR) is 120 cm³/mol. The van der Waals surface area contributed by atoms with Gasteiger partial charge in [0.1, 0.15) is 16.1 Å². The molecule has 3 heterocycles. The van der Waals surface area contributed by atoms with Crippen LogP contribution in [0.3, 0.4) is 0 Å². The van der Waals surface area contributed by atoms with E-state index in [-0.39, 0.29) is 5.91 Å². The number of hydrogen-bond donors (Lipinski definition) is 1. The molecule has 1 aliphatic heterocycles. The summed E-state index contributed by atoms with van der Waals surface area (Å²) in [6, 6.07) is 7.45. The molecule has 0 aliphatic carbocycles. The first-order valence-electron chi connectivity index (χ1n) is 9.59. The van der Waals surface area contributed by atoms with Gasteiger partial charge in [-0.15, -0.1) is 0 Å². The van der Waals surface area contributed by atoms with E-state index in [1.165, 1.54) is 30.9 Å². The summed E-state index contributed by atoms with van der Waals surface area (Å²) in [4.78, 5) is 28.0. The van der Waals surface area contributed by atoms with Gasteiger partial charge in [-0.1, -0.05) is 53.8 Å². The zero-order valence-corrected chi connectivity index (χ0v) is 18.5. The molecule has 0 unspecified atom stereocenters. The number of hydrogen-bond acceptors (Lipinski definition) is 7. The summed E-state index contributed by atoms with van der Waals surface area (Å²) in [6.45, 7) is 4.83. The lowest BCUT2D eigenvalue weighted by Gasteiger charge is -2.30. The number of thiazole rings is 1. The van der Waals surface area contributed by atoms with Crippen molar-refractivity contribution in [2.45, 2.75) is 31.3 Å². The van der Waals surface area contributed by atoms with Gasteiger partial charge in [-0.25, -0.2) is 9.97 Å². The summed E-state index contributed by atoms with van der Waals surface area (Å²) in [5.74, 6) is 0.944. The molecule has 1 N–H and O–H groups in total. The van der Waals surface area contributed by atoms with Gasteiger partial charge in [0.25, 0.3) is 0 Å². The zero-order valence-electron chi connectivity index (χ0n) is 16.1. The van der Waals surface area contributed by atoms with E-state index in [0.29, 0.717) is 28.9 Å². The number of nitrogens with zero attached hydrogens (tertiary/aromatic N) is 4. The van der Waals surface area contributed by atoms with Crippen LogP contribution >= 0.6 is 34.7 Å². The molecular formula is C20H22ClN5OS2. The molecule has 1 aliphatic rings. The van der Waals surface area contributed by atoms with Crippen molar-refractivity contribution < 1.29 is 4.79 Å². The Balaban J connectivity index is 1.38. The lowest BCUT2D eigenvalue weighted by molar-refractivity contribution is -0.118. The number of aromatic nitrogens is 3. The maximum atomic E-state index is 12.3. The fourth-order valence-corrected chi connectivity index (χ4v) is 5.39. The maximum absolute atomic E-state index is 12.3. The third-order valence-corrected chi connectivity index (χ3v) is 7.30. The monoisotopic (exact) mass is 447 g/mol. The summed E-state index contributed by atoms with van der Waals surface area (Å²) in [6.07, 6.45) is 3.99. The Hall–Kier alpha value is -1.90.